The molecule has 0 fully saturated rings. The van der Waals surface area contributed by atoms with Gasteiger partial charge in [-0.1, -0.05) is 18.2 Å². The van der Waals surface area contributed by atoms with Crippen molar-refractivity contribution in [2.45, 2.75) is 6.54 Å². The summed E-state index contributed by atoms with van der Waals surface area (Å²) in [5.74, 6) is 0.195. The third-order valence-electron chi connectivity index (χ3n) is 3.16. The van der Waals surface area contributed by atoms with E-state index in [0.717, 1.165) is 11.3 Å². The van der Waals surface area contributed by atoms with Gasteiger partial charge in [0, 0.05) is 25.4 Å². The van der Waals surface area contributed by atoms with Crippen LogP contribution in [0.15, 0.2) is 65.5 Å². The van der Waals surface area contributed by atoms with E-state index >= 15 is 0 Å². The van der Waals surface area contributed by atoms with Crippen LogP contribution in [0.4, 0.5) is 0 Å². The van der Waals surface area contributed by atoms with Gasteiger partial charge in [0.2, 0.25) is 0 Å². The van der Waals surface area contributed by atoms with Crippen LogP contribution in [0.5, 0.6) is 0 Å². The van der Waals surface area contributed by atoms with Crippen LogP contribution in [-0.2, 0) is 6.54 Å². The molecule has 1 amide bonds. The van der Waals surface area contributed by atoms with Gasteiger partial charge in [-0.2, -0.15) is 5.10 Å². The summed E-state index contributed by atoms with van der Waals surface area (Å²) in [7, 11) is 1.74. The van der Waals surface area contributed by atoms with E-state index in [1.54, 1.807) is 35.0 Å². The summed E-state index contributed by atoms with van der Waals surface area (Å²) in [4.78, 5) is 13.7. The number of furan rings is 1. The van der Waals surface area contributed by atoms with Gasteiger partial charge in [0.05, 0.1) is 18.1 Å². The molecule has 0 aliphatic rings. The zero-order valence-corrected chi connectivity index (χ0v) is 11.6. The van der Waals surface area contributed by atoms with Crippen molar-refractivity contribution in [1.29, 1.82) is 0 Å². The monoisotopic (exact) mass is 281 g/mol. The second kappa shape index (κ2) is 5.66. The Hall–Kier alpha value is -2.82. The van der Waals surface area contributed by atoms with E-state index in [4.69, 9.17) is 4.42 Å². The van der Waals surface area contributed by atoms with Gasteiger partial charge in [0.15, 0.2) is 5.76 Å². The van der Waals surface area contributed by atoms with Crippen molar-refractivity contribution in [2.75, 3.05) is 7.05 Å². The van der Waals surface area contributed by atoms with Crippen LogP contribution < -0.4 is 0 Å². The number of benzene rings is 1. The molecule has 0 aliphatic carbocycles. The Morgan fingerprint density at radius 2 is 2.05 bits per heavy atom. The normalized spacial score (nSPS) is 10.5. The summed E-state index contributed by atoms with van der Waals surface area (Å²) in [6.45, 7) is 0.479. The molecule has 5 nitrogen and oxygen atoms in total. The van der Waals surface area contributed by atoms with Crippen LogP contribution in [0.2, 0.25) is 0 Å². The first kappa shape index (κ1) is 13.2. The molecule has 3 aromatic rings. The van der Waals surface area contributed by atoms with Gasteiger partial charge in [-0.05, 0) is 24.3 Å². The number of nitrogens with zero attached hydrogens (tertiary/aromatic N) is 3. The Labute approximate surface area is 122 Å². The average molecular weight is 281 g/mol. The van der Waals surface area contributed by atoms with E-state index in [0.29, 0.717) is 12.3 Å². The molecule has 2 heterocycles. The molecule has 0 spiro atoms. The van der Waals surface area contributed by atoms with Gasteiger partial charge >= 0.3 is 0 Å². The maximum atomic E-state index is 12.1. The highest BCUT2D eigenvalue weighted by Gasteiger charge is 2.15. The molecule has 0 saturated heterocycles. The first-order chi connectivity index (χ1) is 10.2. The first-order valence-corrected chi connectivity index (χ1v) is 6.62. The van der Waals surface area contributed by atoms with Crippen LogP contribution in [0.3, 0.4) is 0 Å². The van der Waals surface area contributed by atoms with Crippen molar-refractivity contribution in [2.24, 2.45) is 0 Å². The Bertz CT molecular complexity index is 717. The molecule has 21 heavy (non-hydrogen) atoms. The second-order valence-corrected chi connectivity index (χ2v) is 4.77. The summed E-state index contributed by atoms with van der Waals surface area (Å²) in [6.07, 6.45) is 5.18. The van der Waals surface area contributed by atoms with Gasteiger partial charge in [-0.15, -0.1) is 0 Å². The number of hydrogen-bond donors (Lipinski definition) is 0. The number of para-hydroxylation sites is 1. The zero-order chi connectivity index (χ0) is 14.7. The Morgan fingerprint density at radius 3 is 2.76 bits per heavy atom. The van der Waals surface area contributed by atoms with Crippen LogP contribution in [0.25, 0.3) is 5.69 Å². The van der Waals surface area contributed by atoms with Crippen molar-refractivity contribution in [1.82, 2.24) is 14.7 Å². The SMILES string of the molecule is CN(Cc1cnn(-c2ccccc2)c1)C(=O)c1ccco1. The van der Waals surface area contributed by atoms with E-state index in [-0.39, 0.29) is 5.91 Å². The van der Waals surface area contributed by atoms with Gasteiger partial charge in [-0.3, -0.25) is 4.79 Å². The number of hydrogen-bond acceptors (Lipinski definition) is 3. The van der Waals surface area contributed by atoms with Crippen molar-refractivity contribution >= 4 is 5.91 Å². The van der Waals surface area contributed by atoms with E-state index in [1.165, 1.54) is 6.26 Å². The fourth-order valence-electron chi connectivity index (χ4n) is 2.10. The van der Waals surface area contributed by atoms with Crippen LogP contribution >= 0.6 is 0 Å². The average Bonchev–Trinajstić information content (AvgIpc) is 3.19. The minimum absolute atomic E-state index is 0.146. The van der Waals surface area contributed by atoms with Gasteiger partial charge < -0.3 is 9.32 Å². The Kier molecular flexibility index (Phi) is 3.55. The van der Waals surface area contributed by atoms with Crippen molar-refractivity contribution in [3.63, 3.8) is 0 Å². The van der Waals surface area contributed by atoms with Crippen molar-refractivity contribution in [3.05, 3.63) is 72.4 Å². The molecular weight excluding hydrogens is 266 g/mol. The van der Waals surface area contributed by atoms with Crippen LogP contribution in [0, 0.1) is 0 Å². The number of carbonyl (C=O) groups is 1. The third kappa shape index (κ3) is 2.86. The van der Waals surface area contributed by atoms with Gasteiger partial charge in [-0.25, -0.2) is 4.68 Å². The van der Waals surface area contributed by atoms with E-state index in [9.17, 15) is 4.79 Å². The van der Waals surface area contributed by atoms with Gasteiger partial charge in [0.1, 0.15) is 0 Å². The first-order valence-electron chi connectivity index (χ1n) is 6.62. The van der Waals surface area contributed by atoms with E-state index < -0.39 is 0 Å². The zero-order valence-electron chi connectivity index (χ0n) is 11.6. The number of rotatable bonds is 4. The molecule has 106 valence electrons. The molecule has 0 bridgehead atoms. The van der Waals surface area contributed by atoms with Crippen molar-refractivity contribution in [3.8, 4) is 5.69 Å². The molecule has 5 heteroatoms. The smallest absolute Gasteiger partial charge is 0.289 e. The molecule has 0 radical (unpaired) electrons. The van der Waals surface area contributed by atoms with Gasteiger partial charge in [0.25, 0.3) is 5.91 Å². The highest BCUT2D eigenvalue weighted by Crippen LogP contribution is 2.11. The maximum Gasteiger partial charge on any atom is 0.289 e. The molecule has 0 unspecified atom stereocenters. The minimum Gasteiger partial charge on any atom is -0.459 e. The lowest BCUT2D eigenvalue weighted by Crippen LogP contribution is -2.25. The number of carbonyl (C=O) groups excluding carboxylic acids is 1. The minimum atomic E-state index is -0.146. The molecule has 0 aliphatic heterocycles. The summed E-state index contributed by atoms with van der Waals surface area (Å²) < 4.78 is 6.91. The predicted octanol–water partition coefficient (Wildman–Crippen LogP) is 2.74. The van der Waals surface area contributed by atoms with E-state index in [1.807, 2.05) is 36.5 Å². The lowest BCUT2D eigenvalue weighted by atomic mass is 10.3. The Morgan fingerprint density at radius 1 is 1.24 bits per heavy atom. The van der Waals surface area contributed by atoms with Crippen molar-refractivity contribution < 1.29 is 9.21 Å². The fraction of sp³-hybridized carbons (Fsp3) is 0.125. The second-order valence-electron chi connectivity index (χ2n) is 4.77. The fourth-order valence-corrected chi connectivity index (χ4v) is 2.10. The highest BCUT2D eigenvalue weighted by atomic mass is 16.3. The largest absolute Gasteiger partial charge is 0.459 e. The summed E-state index contributed by atoms with van der Waals surface area (Å²) in [5, 5.41) is 4.32. The summed E-state index contributed by atoms with van der Waals surface area (Å²) in [5.41, 5.74) is 1.95. The molecule has 0 atom stereocenters. The van der Waals surface area contributed by atoms with Crippen LogP contribution in [-0.4, -0.2) is 27.6 Å². The quantitative estimate of drug-likeness (QED) is 0.739. The van der Waals surface area contributed by atoms with E-state index in [2.05, 4.69) is 5.10 Å². The third-order valence-corrected chi connectivity index (χ3v) is 3.16. The molecule has 3 rings (SSSR count). The molecule has 1 aromatic carbocycles. The number of amides is 1. The molecular formula is C16H15N3O2. The highest BCUT2D eigenvalue weighted by molar-refractivity contribution is 5.91. The molecule has 0 saturated carbocycles. The summed E-state index contributed by atoms with van der Waals surface area (Å²) in [6, 6.07) is 13.2. The van der Waals surface area contributed by atoms with Crippen LogP contribution in [0.1, 0.15) is 16.1 Å². The summed E-state index contributed by atoms with van der Waals surface area (Å²) >= 11 is 0. The number of aromatic nitrogens is 2. The predicted molar refractivity (Wildman–Crippen MR) is 78.1 cm³/mol. The Balaban J connectivity index is 1.71. The lowest BCUT2D eigenvalue weighted by Gasteiger charge is -2.14. The topological polar surface area (TPSA) is 51.3 Å². The maximum absolute atomic E-state index is 12.1. The molecule has 0 N–H and O–H groups in total. The standard InChI is InChI=1S/C16H15N3O2/c1-18(16(20)15-8-5-9-21-15)11-13-10-17-19(12-13)14-6-3-2-4-7-14/h2-10,12H,11H2,1H3. The lowest BCUT2D eigenvalue weighted by molar-refractivity contribution is 0.0753. The molecule has 2 aromatic heterocycles.